The molecule has 0 aromatic rings. The summed E-state index contributed by atoms with van der Waals surface area (Å²) in [4.78, 5) is 0. The molecule has 0 heterocycles. The zero-order valence-electron chi connectivity index (χ0n) is 12.3. The second-order valence-electron chi connectivity index (χ2n) is 6.06. The van der Waals surface area contributed by atoms with Crippen LogP contribution < -0.4 is 5.32 Å². The van der Waals surface area contributed by atoms with Gasteiger partial charge in [-0.15, -0.1) is 0 Å². The van der Waals surface area contributed by atoms with Crippen molar-refractivity contribution in [3.8, 4) is 0 Å². The SMILES string of the molecule is CCCNC(C)(CO)CCCCSC(C)(C)C. The summed E-state index contributed by atoms with van der Waals surface area (Å²) in [5.74, 6) is 1.22. The van der Waals surface area contributed by atoms with E-state index in [1.807, 2.05) is 11.8 Å². The molecule has 3 heteroatoms. The molecule has 0 aliphatic carbocycles. The van der Waals surface area contributed by atoms with Gasteiger partial charge in [0.25, 0.3) is 0 Å². The monoisotopic (exact) mass is 261 g/mol. The molecule has 0 saturated carbocycles. The minimum absolute atomic E-state index is 0.0809. The van der Waals surface area contributed by atoms with Gasteiger partial charge in [0.2, 0.25) is 0 Å². The van der Waals surface area contributed by atoms with Crippen molar-refractivity contribution in [1.82, 2.24) is 5.32 Å². The van der Waals surface area contributed by atoms with Crippen LogP contribution in [0.1, 0.15) is 60.3 Å². The molecule has 0 fully saturated rings. The predicted molar refractivity (Wildman–Crippen MR) is 79.8 cm³/mol. The molecule has 0 spiro atoms. The van der Waals surface area contributed by atoms with Gasteiger partial charge >= 0.3 is 0 Å². The zero-order valence-corrected chi connectivity index (χ0v) is 13.1. The summed E-state index contributed by atoms with van der Waals surface area (Å²) in [6.45, 7) is 12.3. The van der Waals surface area contributed by atoms with E-state index in [0.717, 1.165) is 19.4 Å². The molecular weight excluding hydrogens is 230 g/mol. The van der Waals surface area contributed by atoms with Gasteiger partial charge in [-0.05, 0) is 38.5 Å². The molecule has 0 aliphatic heterocycles. The quantitative estimate of drug-likeness (QED) is 0.624. The van der Waals surface area contributed by atoms with Crippen molar-refractivity contribution in [3.05, 3.63) is 0 Å². The topological polar surface area (TPSA) is 32.3 Å². The number of thioether (sulfide) groups is 1. The van der Waals surface area contributed by atoms with Crippen molar-refractivity contribution >= 4 is 11.8 Å². The van der Waals surface area contributed by atoms with E-state index in [0.29, 0.717) is 4.75 Å². The molecule has 0 rings (SSSR count). The highest BCUT2D eigenvalue weighted by atomic mass is 32.2. The van der Waals surface area contributed by atoms with Crippen molar-refractivity contribution in [2.24, 2.45) is 0 Å². The van der Waals surface area contributed by atoms with Gasteiger partial charge in [-0.3, -0.25) is 0 Å². The van der Waals surface area contributed by atoms with E-state index in [4.69, 9.17) is 0 Å². The van der Waals surface area contributed by atoms with Gasteiger partial charge in [0, 0.05) is 10.3 Å². The zero-order chi connectivity index (χ0) is 13.4. The fourth-order valence-electron chi connectivity index (χ4n) is 1.65. The van der Waals surface area contributed by atoms with Gasteiger partial charge < -0.3 is 10.4 Å². The smallest absolute Gasteiger partial charge is 0.0610 e. The molecular formula is C14H31NOS. The summed E-state index contributed by atoms with van der Waals surface area (Å²) in [7, 11) is 0. The molecule has 0 aliphatic rings. The number of hydrogen-bond donors (Lipinski definition) is 2. The molecule has 0 aromatic carbocycles. The minimum atomic E-state index is -0.0809. The third kappa shape index (κ3) is 9.93. The Hall–Kier alpha value is 0.270. The summed E-state index contributed by atoms with van der Waals surface area (Å²) >= 11 is 2.03. The molecule has 1 unspecified atom stereocenters. The lowest BCUT2D eigenvalue weighted by atomic mass is 9.96. The van der Waals surface area contributed by atoms with Crippen LogP contribution >= 0.6 is 11.8 Å². The number of nitrogens with one attached hydrogen (secondary N) is 1. The van der Waals surface area contributed by atoms with E-state index in [9.17, 15) is 5.11 Å². The van der Waals surface area contributed by atoms with E-state index in [1.54, 1.807) is 0 Å². The number of hydrogen-bond acceptors (Lipinski definition) is 3. The average molecular weight is 261 g/mol. The van der Waals surface area contributed by atoms with Gasteiger partial charge in [0.05, 0.1) is 6.61 Å². The van der Waals surface area contributed by atoms with E-state index < -0.39 is 0 Å². The minimum Gasteiger partial charge on any atom is -0.394 e. The van der Waals surface area contributed by atoms with E-state index in [2.05, 4.69) is 39.9 Å². The van der Waals surface area contributed by atoms with Gasteiger partial charge in [0.15, 0.2) is 0 Å². The van der Waals surface area contributed by atoms with Crippen molar-refractivity contribution in [3.63, 3.8) is 0 Å². The number of aliphatic hydroxyl groups is 1. The van der Waals surface area contributed by atoms with Crippen LogP contribution in [0.3, 0.4) is 0 Å². The van der Waals surface area contributed by atoms with Crippen LogP contribution in [0.15, 0.2) is 0 Å². The highest BCUT2D eigenvalue weighted by Crippen LogP contribution is 2.25. The van der Waals surface area contributed by atoms with Gasteiger partial charge in [0.1, 0.15) is 0 Å². The van der Waals surface area contributed by atoms with Crippen molar-refractivity contribution in [2.45, 2.75) is 70.6 Å². The second kappa shape index (κ2) is 8.39. The number of aliphatic hydroxyl groups excluding tert-OH is 1. The fraction of sp³-hybridized carbons (Fsp3) is 1.00. The van der Waals surface area contributed by atoms with Crippen LogP contribution in [-0.4, -0.2) is 34.3 Å². The van der Waals surface area contributed by atoms with Gasteiger partial charge in [-0.2, -0.15) is 11.8 Å². The number of unbranched alkanes of at least 4 members (excludes halogenated alkanes) is 1. The molecule has 0 amide bonds. The maximum Gasteiger partial charge on any atom is 0.0610 e. The normalized spacial score (nSPS) is 15.9. The molecule has 0 bridgehead atoms. The maximum absolute atomic E-state index is 9.43. The Balaban J connectivity index is 3.69. The lowest BCUT2D eigenvalue weighted by molar-refractivity contribution is 0.163. The Bertz CT molecular complexity index is 191. The standard InChI is InChI=1S/C14H31NOS/c1-6-10-15-14(5,12-16)9-7-8-11-17-13(2,3)4/h15-16H,6-12H2,1-5H3. The Morgan fingerprint density at radius 2 is 1.76 bits per heavy atom. The van der Waals surface area contributed by atoms with Crippen molar-refractivity contribution in [2.75, 3.05) is 18.9 Å². The third-order valence-corrected chi connectivity index (χ3v) is 4.17. The Morgan fingerprint density at radius 1 is 1.12 bits per heavy atom. The lowest BCUT2D eigenvalue weighted by Gasteiger charge is -2.29. The first-order chi connectivity index (χ1) is 7.83. The molecule has 0 radical (unpaired) electrons. The molecule has 2 nitrogen and oxygen atoms in total. The summed E-state index contributed by atoms with van der Waals surface area (Å²) in [5, 5.41) is 12.9. The first-order valence-electron chi connectivity index (χ1n) is 6.83. The van der Waals surface area contributed by atoms with Crippen LogP contribution in [0.5, 0.6) is 0 Å². The second-order valence-corrected chi connectivity index (χ2v) is 7.99. The van der Waals surface area contributed by atoms with Crippen LogP contribution in [-0.2, 0) is 0 Å². The van der Waals surface area contributed by atoms with Gasteiger partial charge in [-0.25, -0.2) is 0 Å². The highest BCUT2D eigenvalue weighted by molar-refractivity contribution is 8.00. The molecule has 1 atom stereocenters. The average Bonchev–Trinajstić information content (AvgIpc) is 2.24. The number of rotatable bonds is 9. The van der Waals surface area contributed by atoms with Crippen molar-refractivity contribution < 1.29 is 5.11 Å². The maximum atomic E-state index is 9.43. The largest absolute Gasteiger partial charge is 0.394 e. The Kier molecular flexibility index (Phi) is 8.52. The predicted octanol–water partition coefficient (Wildman–Crippen LogP) is 3.44. The van der Waals surface area contributed by atoms with Crippen molar-refractivity contribution in [1.29, 1.82) is 0 Å². The van der Waals surface area contributed by atoms with E-state index in [-0.39, 0.29) is 12.1 Å². The first kappa shape index (κ1) is 17.3. The summed E-state index contributed by atoms with van der Waals surface area (Å²) < 4.78 is 0.376. The van der Waals surface area contributed by atoms with Crippen LogP contribution in [0.25, 0.3) is 0 Å². The Morgan fingerprint density at radius 3 is 2.24 bits per heavy atom. The summed E-state index contributed by atoms with van der Waals surface area (Å²) in [6, 6.07) is 0. The Labute approximate surface area is 112 Å². The highest BCUT2D eigenvalue weighted by Gasteiger charge is 2.21. The fourth-order valence-corrected chi connectivity index (χ4v) is 2.61. The van der Waals surface area contributed by atoms with Gasteiger partial charge in [-0.1, -0.05) is 34.1 Å². The molecule has 0 saturated heterocycles. The third-order valence-electron chi connectivity index (χ3n) is 2.81. The lowest BCUT2D eigenvalue weighted by Crippen LogP contribution is -2.46. The van der Waals surface area contributed by atoms with Crippen LogP contribution in [0, 0.1) is 0 Å². The van der Waals surface area contributed by atoms with Crippen LogP contribution in [0.2, 0.25) is 0 Å². The van der Waals surface area contributed by atoms with Crippen LogP contribution in [0.4, 0.5) is 0 Å². The molecule has 2 N–H and O–H groups in total. The van der Waals surface area contributed by atoms with E-state index in [1.165, 1.54) is 18.6 Å². The van der Waals surface area contributed by atoms with E-state index >= 15 is 0 Å². The summed E-state index contributed by atoms with van der Waals surface area (Å²) in [6.07, 6.45) is 4.62. The summed E-state index contributed by atoms with van der Waals surface area (Å²) in [5.41, 5.74) is -0.0809. The molecule has 104 valence electrons. The molecule has 0 aromatic heterocycles. The molecule has 17 heavy (non-hydrogen) atoms. The first-order valence-corrected chi connectivity index (χ1v) is 7.81.